The minimum absolute atomic E-state index is 0.116. The van der Waals surface area contributed by atoms with Gasteiger partial charge in [0.25, 0.3) is 0 Å². The Balaban J connectivity index is 2.25. The molecule has 18 heavy (non-hydrogen) atoms. The van der Waals surface area contributed by atoms with Crippen molar-refractivity contribution in [1.82, 2.24) is 4.98 Å². The van der Waals surface area contributed by atoms with E-state index in [2.05, 4.69) is 4.98 Å². The van der Waals surface area contributed by atoms with Crippen LogP contribution in [0.4, 0.5) is 0 Å². The highest BCUT2D eigenvalue weighted by Crippen LogP contribution is 2.16. The number of hydrogen-bond donors (Lipinski definition) is 1. The molecule has 0 spiro atoms. The average Bonchev–Trinajstić information content (AvgIpc) is 2.38. The fourth-order valence-electron chi connectivity index (χ4n) is 1.26. The van der Waals surface area contributed by atoms with Gasteiger partial charge in [-0.25, -0.2) is 4.79 Å². The van der Waals surface area contributed by atoms with Crippen LogP contribution in [-0.4, -0.2) is 49.6 Å². The van der Waals surface area contributed by atoms with Gasteiger partial charge in [-0.15, -0.1) is 0 Å². The zero-order valence-electron chi connectivity index (χ0n) is 10.3. The summed E-state index contributed by atoms with van der Waals surface area (Å²) in [5.74, 6) is -0.745. The second-order valence-corrected chi connectivity index (χ2v) is 3.48. The third-order valence-electron chi connectivity index (χ3n) is 2.14. The molecule has 0 atom stereocenters. The Morgan fingerprint density at radius 1 is 1.33 bits per heavy atom. The first-order valence-electron chi connectivity index (χ1n) is 5.62. The lowest BCUT2D eigenvalue weighted by molar-refractivity contribution is 0.0637. The van der Waals surface area contributed by atoms with E-state index in [1.807, 2.05) is 0 Å². The second-order valence-electron chi connectivity index (χ2n) is 3.48. The van der Waals surface area contributed by atoms with Crippen molar-refractivity contribution in [2.45, 2.75) is 6.42 Å². The van der Waals surface area contributed by atoms with Gasteiger partial charge < -0.3 is 19.3 Å². The predicted molar refractivity (Wildman–Crippen MR) is 64.0 cm³/mol. The lowest BCUT2D eigenvalue weighted by atomic mass is 10.2. The van der Waals surface area contributed by atoms with Crippen LogP contribution in [0.15, 0.2) is 18.5 Å². The zero-order chi connectivity index (χ0) is 13.2. The molecule has 0 saturated carbocycles. The first kappa shape index (κ1) is 14.4. The van der Waals surface area contributed by atoms with E-state index in [4.69, 9.17) is 19.3 Å². The maximum Gasteiger partial charge on any atom is 0.339 e. The Hall–Kier alpha value is -1.66. The molecule has 100 valence electrons. The van der Waals surface area contributed by atoms with Gasteiger partial charge in [-0.2, -0.15) is 0 Å². The van der Waals surface area contributed by atoms with Crippen LogP contribution in [0.3, 0.4) is 0 Å². The molecular weight excluding hydrogens is 238 g/mol. The van der Waals surface area contributed by atoms with Gasteiger partial charge in [-0.1, -0.05) is 0 Å². The molecular formula is C12H17NO5. The smallest absolute Gasteiger partial charge is 0.339 e. The van der Waals surface area contributed by atoms with Gasteiger partial charge in [0.05, 0.1) is 26.0 Å². The largest absolute Gasteiger partial charge is 0.491 e. The summed E-state index contributed by atoms with van der Waals surface area (Å²) in [5.41, 5.74) is 0.116. The molecule has 0 fully saturated rings. The number of carbonyl (C=O) groups is 1. The van der Waals surface area contributed by atoms with Gasteiger partial charge in [0.15, 0.2) is 5.75 Å². The van der Waals surface area contributed by atoms with E-state index in [9.17, 15) is 4.79 Å². The highest BCUT2D eigenvalue weighted by atomic mass is 16.5. The van der Waals surface area contributed by atoms with Crippen LogP contribution >= 0.6 is 0 Å². The first-order chi connectivity index (χ1) is 8.75. The van der Waals surface area contributed by atoms with Crippen LogP contribution < -0.4 is 4.74 Å². The first-order valence-corrected chi connectivity index (χ1v) is 5.62. The summed E-state index contributed by atoms with van der Waals surface area (Å²) in [6.07, 6.45) is 3.50. The van der Waals surface area contributed by atoms with E-state index in [-0.39, 0.29) is 11.3 Å². The fraction of sp³-hybridized carbons (Fsp3) is 0.500. The van der Waals surface area contributed by atoms with Gasteiger partial charge >= 0.3 is 5.97 Å². The molecule has 1 aromatic heterocycles. The normalized spacial score (nSPS) is 10.3. The number of carboxylic acid groups (broad SMARTS) is 1. The lowest BCUT2D eigenvalue weighted by Gasteiger charge is -2.08. The van der Waals surface area contributed by atoms with Crippen molar-refractivity contribution in [3.63, 3.8) is 0 Å². The van der Waals surface area contributed by atoms with Crippen LogP contribution in [0, 0.1) is 0 Å². The number of carboxylic acids is 1. The number of hydrogen-bond acceptors (Lipinski definition) is 5. The van der Waals surface area contributed by atoms with Gasteiger partial charge in [-0.05, 0) is 6.07 Å². The standard InChI is InChI=1S/C12H17NO5/c1-16-7-8-17-5-2-6-18-11-9-13-4-3-10(11)12(14)15/h3-4,9H,2,5-8H2,1H3,(H,14,15). The van der Waals surface area contributed by atoms with Crippen molar-refractivity contribution in [3.8, 4) is 5.75 Å². The molecule has 6 heteroatoms. The topological polar surface area (TPSA) is 77.9 Å². The summed E-state index contributed by atoms with van der Waals surface area (Å²) in [6.45, 7) is 2.04. The molecule has 0 aromatic carbocycles. The molecule has 0 saturated heterocycles. The number of methoxy groups -OCH3 is 1. The van der Waals surface area contributed by atoms with Crippen molar-refractivity contribution in [2.24, 2.45) is 0 Å². The molecule has 0 bridgehead atoms. The quantitative estimate of drug-likeness (QED) is 0.668. The minimum Gasteiger partial charge on any atom is -0.491 e. The van der Waals surface area contributed by atoms with Crippen LogP contribution in [0.1, 0.15) is 16.8 Å². The zero-order valence-corrected chi connectivity index (χ0v) is 10.3. The SMILES string of the molecule is COCCOCCCOc1cnccc1C(=O)O. The molecule has 1 N–H and O–H groups in total. The summed E-state index contributed by atoms with van der Waals surface area (Å²) in [7, 11) is 1.61. The van der Waals surface area contributed by atoms with E-state index < -0.39 is 5.97 Å². The summed E-state index contributed by atoms with van der Waals surface area (Å²) in [4.78, 5) is 14.7. The van der Waals surface area contributed by atoms with Gasteiger partial charge in [0.2, 0.25) is 0 Å². The third-order valence-corrected chi connectivity index (χ3v) is 2.14. The third kappa shape index (κ3) is 5.11. The molecule has 0 amide bonds. The highest BCUT2D eigenvalue weighted by molar-refractivity contribution is 5.90. The number of rotatable bonds is 9. The van der Waals surface area contributed by atoms with E-state index in [0.717, 1.165) is 0 Å². The van der Waals surface area contributed by atoms with E-state index in [1.165, 1.54) is 18.5 Å². The summed E-state index contributed by atoms with van der Waals surface area (Å²) >= 11 is 0. The minimum atomic E-state index is -1.02. The molecule has 0 radical (unpaired) electrons. The Labute approximate surface area is 106 Å². The number of aromatic nitrogens is 1. The maximum absolute atomic E-state index is 10.9. The monoisotopic (exact) mass is 255 g/mol. The van der Waals surface area contributed by atoms with E-state index >= 15 is 0 Å². The van der Waals surface area contributed by atoms with Crippen LogP contribution in [0.5, 0.6) is 5.75 Å². The second kappa shape index (κ2) is 8.43. The van der Waals surface area contributed by atoms with Crippen molar-refractivity contribution in [3.05, 3.63) is 24.0 Å². The maximum atomic E-state index is 10.9. The van der Waals surface area contributed by atoms with Crippen molar-refractivity contribution in [2.75, 3.05) is 33.5 Å². The Morgan fingerprint density at radius 3 is 2.89 bits per heavy atom. The molecule has 6 nitrogen and oxygen atoms in total. The summed E-state index contributed by atoms with van der Waals surface area (Å²) < 4.78 is 15.4. The number of ether oxygens (including phenoxy) is 3. The van der Waals surface area contributed by atoms with Crippen LogP contribution in [0.25, 0.3) is 0 Å². The highest BCUT2D eigenvalue weighted by Gasteiger charge is 2.10. The molecule has 0 aliphatic heterocycles. The Bertz CT molecular complexity index is 369. The Kier molecular flexibility index (Phi) is 6.75. The van der Waals surface area contributed by atoms with Crippen LogP contribution in [-0.2, 0) is 9.47 Å². The van der Waals surface area contributed by atoms with Crippen molar-refractivity contribution < 1.29 is 24.1 Å². The Morgan fingerprint density at radius 2 is 2.17 bits per heavy atom. The summed E-state index contributed by atoms with van der Waals surface area (Å²) in [5, 5.41) is 8.92. The van der Waals surface area contributed by atoms with Gasteiger partial charge in [0.1, 0.15) is 5.56 Å². The molecule has 1 rings (SSSR count). The fourth-order valence-corrected chi connectivity index (χ4v) is 1.26. The molecule has 1 aromatic rings. The molecule has 0 aliphatic carbocycles. The molecule has 1 heterocycles. The summed E-state index contributed by atoms with van der Waals surface area (Å²) in [6, 6.07) is 1.41. The van der Waals surface area contributed by atoms with E-state index in [0.29, 0.717) is 32.8 Å². The lowest BCUT2D eigenvalue weighted by Crippen LogP contribution is -2.08. The van der Waals surface area contributed by atoms with Crippen LogP contribution in [0.2, 0.25) is 0 Å². The van der Waals surface area contributed by atoms with E-state index in [1.54, 1.807) is 7.11 Å². The number of aromatic carboxylic acids is 1. The number of nitrogens with zero attached hydrogens (tertiary/aromatic N) is 1. The van der Waals surface area contributed by atoms with Gasteiger partial charge in [-0.3, -0.25) is 4.98 Å². The van der Waals surface area contributed by atoms with Gasteiger partial charge in [0, 0.05) is 26.3 Å². The predicted octanol–water partition coefficient (Wildman–Crippen LogP) is 1.21. The molecule has 0 unspecified atom stereocenters. The van der Waals surface area contributed by atoms with Crippen molar-refractivity contribution >= 4 is 5.97 Å². The van der Waals surface area contributed by atoms with Crippen molar-refractivity contribution in [1.29, 1.82) is 0 Å². The average molecular weight is 255 g/mol. The number of pyridine rings is 1. The molecule has 0 aliphatic rings.